The van der Waals surface area contributed by atoms with Gasteiger partial charge in [0, 0.05) is 24.8 Å². The van der Waals surface area contributed by atoms with Crippen molar-refractivity contribution in [2.75, 3.05) is 6.61 Å². The van der Waals surface area contributed by atoms with Crippen molar-refractivity contribution in [2.45, 2.75) is 18.4 Å². The molecule has 0 amide bonds. The first-order valence-electron chi connectivity index (χ1n) is 5.65. The first-order valence-corrected chi connectivity index (χ1v) is 5.65. The lowest BCUT2D eigenvalue weighted by Gasteiger charge is -2.29. The highest BCUT2D eigenvalue weighted by molar-refractivity contribution is 5.44. The number of aromatic amines is 1. The first kappa shape index (κ1) is 10.3. The minimum Gasteiger partial charge on any atom is -0.394 e. The summed E-state index contributed by atoms with van der Waals surface area (Å²) in [6, 6.07) is 0. The van der Waals surface area contributed by atoms with E-state index in [-0.39, 0.29) is 12.1 Å². The van der Waals surface area contributed by atoms with Gasteiger partial charge in [-0.25, -0.2) is 9.97 Å². The molecule has 17 heavy (non-hydrogen) atoms. The molecule has 0 fully saturated rings. The molecule has 0 saturated carbocycles. The highest BCUT2D eigenvalue weighted by Gasteiger charge is 2.34. The number of rotatable bonds is 3. The fourth-order valence-corrected chi connectivity index (χ4v) is 2.34. The number of aliphatic hydroxyl groups is 1. The summed E-state index contributed by atoms with van der Waals surface area (Å²) in [5, 5.41) is 9.69. The van der Waals surface area contributed by atoms with Crippen molar-refractivity contribution in [3.8, 4) is 11.6 Å². The molecule has 2 N–H and O–H groups in total. The SMILES string of the molecule is OCC1(n2ccnc2-c2ncc[nH]2)CC=CC1. The summed E-state index contributed by atoms with van der Waals surface area (Å²) < 4.78 is 2.02. The number of nitrogens with one attached hydrogen (secondary N) is 1. The second-order valence-corrected chi connectivity index (χ2v) is 4.32. The molecular weight excluding hydrogens is 216 g/mol. The van der Waals surface area contributed by atoms with Gasteiger partial charge in [-0.1, -0.05) is 12.2 Å². The Morgan fingerprint density at radius 3 is 2.76 bits per heavy atom. The van der Waals surface area contributed by atoms with Crippen molar-refractivity contribution in [2.24, 2.45) is 0 Å². The molecule has 88 valence electrons. The Hall–Kier alpha value is -1.88. The minimum atomic E-state index is -0.293. The van der Waals surface area contributed by atoms with Crippen LogP contribution in [-0.4, -0.2) is 31.2 Å². The van der Waals surface area contributed by atoms with Crippen LogP contribution in [0.15, 0.2) is 36.9 Å². The van der Waals surface area contributed by atoms with Gasteiger partial charge in [0.25, 0.3) is 0 Å². The van der Waals surface area contributed by atoms with E-state index in [2.05, 4.69) is 27.1 Å². The van der Waals surface area contributed by atoms with Gasteiger partial charge in [-0.2, -0.15) is 0 Å². The first-order chi connectivity index (χ1) is 8.36. The Labute approximate surface area is 98.8 Å². The standard InChI is InChI=1S/C12H14N4O/c17-9-12(3-1-2-4-12)16-8-7-15-11(16)10-13-5-6-14-10/h1-2,5-8,17H,3-4,9H2,(H,13,14). The zero-order valence-corrected chi connectivity index (χ0v) is 9.37. The van der Waals surface area contributed by atoms with Crippen LogP contribution in [0.4, 0.5) is 0 Å². The summed E-state index contributed by atoms with van der Waals surface area (Å²) in [5.74, 6) is 1.50. The smallest absolute Gasteiger partial charge is 0.176 e. The lowest BCUT2D eigenvalue weighted by atomic mass is 9.97. The van der Waals surface area contributed by atoms with Crippen molar-refractivity contribution in [3.05, 3.63) is 36.9 Å². The second kappa shape index (κ2) is 3.85. The number of hydrogen-bond acceptors (Lipinski definition) is 3. The summed E-state index contributed by atoms with van der Waals surface area (Å²) in [6.45, 7) is 0.101. The number of aliphatic hydroxyl groups excluding tert-OH is 1. The van der Waals surface area contributed by atoms with Gasteiger partial charge in [0.2, 0.25) is 0 Å². The van der Waals surface area contributed by atoms with E-state index in [9.17, 15) is 5.11 Å². The van der Waals surface area contributed by atoms with Crippen molar-refractivity contribution in [1.29, 1.82) is 0 Å². The molecule has 2 aromatic heterocycles. The molecule has 0 aliphatic heterocycles. The average Bonchev–Trinajstić information content (AvgIpc) is 3.10. The zero-order valence-electron chi connectivity index (χ0n) is 9.37. The third-order valence-corrected chi connectivity index (χ3v) is 3.32. The number of H-pyrrole nitrogens is 1. The molecule has 5 heteroatoms. The quantitative estimate of drug-likeness (QED) is 0.781. The van der Waals surface area contributed by atoms with E-state index >= 15 is 0 Å². The normalized spacial score (nSPS) is 17.7. The fraction of sp³-hybridized carbons (Fsp3) is 0.333. The predicted octanol–water partition coefficient (Wildman–Crippen LogP) is 1.31. The maximum absolute atomic E-state index is 9.69. The molecule has 2 aromatic rings. The molecule has 5 nitrogen and oxygen atoms in total. The van der Waals surface area contributed by atoms with Crippen LogP contribution in [0, 0.1) is 0 Å². The lowest BCUT2D eigenvalue weighted by Crippen LogP contribution is -2.35. The van der Waals surface area contributed by atoms with Gasteiger partial charge in [0.15, 0.2) is 11.6 Å². The van der Waals surface area contributed by atoms with Gasteiger partial charge in [0.05, 0.1) is 12.1 Å². The number of nitrogens with zero attached hydrogens (tertiary/aromatic N) is 3. The van der Waals surface area contributed by atoms with E-state index < -0.39 is 0 Å². The number of allylic oxidation sites excluding steroid dienone is 2. The molecule has 1 aliphatic rings. The van der Waals surface area contributed by atoms with Crippen LogP contribution >= 0.6 is 0 Å². The molecule has 0 aromatic carbocycles. The van der Waals surface area contributed by atoms with Crippen LogP contribution in [0.5, 0.6) is 0 Å². The van der Waals surface area contributed by atoms with E-state index in [0.717, 1.165) is 24.5 Å². The van der Waals surface area contributed by atoms with E-state index in [4.69, 9.17) is 0 Å². The molecule has 0 bridgehead atoms. The highest BCUT2D eigenvalue weighted by atomic mass is 16.3. The third-order valence-electron chi connectivity index (χ3n) is 3.32. The highest BCUT2D eigenvalue weighted by Crippen LogP contribution is 2.34. The minimum absolute atomic E-state index is 0.101. The second-order valence-electron chi connectivity index (χ2n) is 4.32. The van der Waals surface area contributed by atoms with Crippen LogP contribution in [0.1, 0.15) is 12.8 Å². The Balaban J connectivity index is 2.07. The molecule has 0 radical (unpaired) electrons. The van der Waals surface area contributed by atoms with Crippen molar-refractivity contribution in [3.63, 3.8) is 0 Å². The summed E-state index contributed by atoms with van der Waals surface area (Å²) in [6.07, 6.45) is 13.0. The number of aromatic nitrogens is 4. The molecule has 0 unspecified atom stereocenters. The Bertz CT molecular complexity index is 518. The monoisotopic (exact) mass is 230 g/mol. The largest absolute Gasteiger partial charge is 0.394 e. The summed E-state index contributed by atoms with van der Waals surface area (Å²) in [4.78, 5) is 11.6. The Morgan fingerprint density at radius 2 is 2.12 bits per heavy atom. The van der Waals surface area contributed by atoms with Crippen LogP contribution in [-0.2, 0) is 5.54 Å². The summed E-state index contributed by atoms with van der Waals surface area (Å²) in [7, 11) is 0. The maximum atomic E-state index is 9.69. The molecule has 0 saturated heterocycles. The van der Waals surface area contributed by atoms with Crippen LogP contribution in [0.3, 0.4) is 0 Å². The van der Waals surface area contributed by atoms with Crippen LogP contribution in [0.25, 0.3) is 11.6 Å². The molecule has 3 rings (SSSR count). The Kier molecular flexibility index (Phi) is 2.33. The van der Waals surface area contributed by atoms with Gasteiger partial charge in [0.1, 0.15) is 0 Å². The van der Waals surface area contributed by atoms with E-state index in [1.807, 2.05) is 10.8 Å². The zero-order chi connectivity index (χ0) is 11.7. The topological polar surface area (TPSA) is 66.7 Å². The lowest BCUT2D eigenvalue weighted by molar-refractivity contribution is 0.143. The fourth-order valence-electron chi connectivity index (χ4n) is 2.34. The Morgan fingerprint density at radius 1 is 1.29 bits per heavy atom. The molecule has 0 atom stereocenters. The molecule has 2 heterocycles. The van der Waals surface area contributed by atoms with Crippen molar-refractivity contribution in [1.82, 2.24) is 19.5 Å². The predicted molar refractivity (Wildman–Crippen MR) is 63.2 cm³/mol. The number of hydrogen-bond donors (Lipinski definition) is 2. The van der Waals surface area contributed by atoms with Gasteiger partial charge in [-0.15, -0.1) is 0 Å². The van der Waals surface area contributed by atoms with Gasteiger partial charge >= 0.3 is 0 Å². The van der Waals surface area contributed by atoms with E-state index in [0.29, 0.717) is 0 Å². The molecular formula is C12H14N4O. The maximum Gasteiger partial charge on any atom is 0.176 e. The summed E-state index contributed by atoms with van der Waals surface area (Å²) >= 11 is 0. The molecule has 1 aliphatic carbocycles. The van der Waals surface area contributed by atoms with Gasteiger partial charge in [-0.05, 0) is 12.8 Å². The summed E-state index contributed by atoms with van der Waals surface area (Å²) in [5.41, 5.74) is -0.293. The van der Waals surface area contributed by atoms with Gasteiger partial charge < -0.3 is 14.7 Å². The van der Waals surface area contributed by atoms with Crippen molar-refractivity contribution < 1.29 is 5.11 Å². The van der Waals surface area contributed by atoms with E-state index in [1.54, 1.807) is 18.6 Å². The van der Waals surface area contributed by atoms with E-state index in [1.165, 1.54) is 0 Å². The third kappa shape index (κ3) is 1.51. The average molecular weight is 230 g/mol. The van der Waals surface area contributed by atoms with Gasteiger partial charge in [-0.3, -0.25) is 0 Å². The number of imidazole rings is 2. The molecule has 0 spiro atoms. The van der Waals surface area contributed by atoms with Crippen molar-refractivity contribution >= 4 is 0 Å². The van der Waals surface area contributed by atoms with Crippen LogP contribution < -0.4 is 0 Å². The van der Waals surface area contributed by atoms with Crippen LogP contribution in [0.2, 0.25) is 0 Å².